The molecule has 0 aliphatic rings. The van der Waals surface area contributed by atoms with Crippen molar-refractivity contribution in [2.75, 3.05) is 20.3 Å². The maximum absolute atomic E-state index is 10.5. The first kappa shape index (κ1) is 19.9. The van der Waals surface area contributed by atoms with Crippen molar-refractivity contribution in [1.29, 1.82) is 0 Å². The second kappa shape index (κ2) is 9.35. The molecule has 0 atom stereocenters. The third-order valence-corrected chi connectivity index (χ3v) is 5.25. The summed E-state index contributed by atoms with van der Waals surface area (Å²) in [4.78, 5) is 0.698. The van der Waals surface area contributed by atoms with Crippen molar-refractivity contribution in [3.05, 3.63) is 39.2 Å². The number of thiocarbonyl (C=S) groups is 1. The van der Waals surface area contributed by atoms with E-state index in [9.17, 15) is 5.11 Å². The second-order valence-corrected chi connectivity index (χ2v) is 7.12. The molecule has 1 aromatic carbocycles. The van der Waals surface area contributed by atoms with Gasteiger partial charge in [0.1, 0.15) is 5.75 Å². The average Bonchev–Trinajstić information content (AvgIpc) is 2.97. The van der Waals surface area contributed by atoms with Gasteiger partial charge in [0.15, 0.2) is 5.11 Å². The third kappa shape index (κ3) is 5.29. The van der Waals surface area contributed by atoms with Crippen LogP contribution in [0.5, 0.6) is 5.75 Å². The van der Waals surface area contributed by atoms with Crippen molar-refractivity contribution in [3.63, 3.8) is 0 Å². The lowest BCUT2D eigenvalue weighted by Crippen LogP contribution is -2.34. The first-order valence-electron chi connectivity index (χ1n) is 7.27. The molecule has 9 heteroatoms. The molecule has 0 radical (unpaired) electrons. The van der Waals surface area contributed by atoms with Crippen LogP contribution in [-0.4, -0.2) is 36.2 Å². The fourth-order valence-corrected chi connectivity index (χ4v) is 3.40. The molecule has 5 nitrogen and oxygen atoms in total. The normalized spacial score (nSPS) is 11.4. The lowest BCUT2D eigenvalue weighted by molar-refractivity contribution is 0.204. The van der Waals surface area contributed by atoms with E-state index in [-0.39, 0.29) is 5.75 Å². The fraction of sp³-hybridized carbons (Fsp3) is 0.250. The zero-order chi connectivity index (χ0) is 18.4. The van der Waals surface area contributed by atoms with Crippen LogP contribution in [0.25, 0.3) is 10.4 Å². The molecule has 0 fully saturated rings. The molecule has 0 spiro atoms. The standard InChI is InChI=1S/C16H17Cl2N3O2S2/c1-9(20-21-16(24)19-5-6-23-2)11-8-25-15(14(11)22)10-3-4-12(17)13(18)7-10/h3-4,7-8,22H,5-6H2,1-2H3,(H2,19,21,24)/b20-9+. The van der Waals surface area contributed by atoms with E-state index in [0.717, 1.165) is 5.56 Å². The Hall–Kier alpha value is -1.38. The molecule has 0 amide bonds. The molecule has 2 aromatic rings. The summed E-state index contributed by atoms with van der Waals surface area (Å²) < 4.78 is 4.93. The molecule has 1 heterocycles. The Labute approximate surface area is 165 Å². The second-order valence-electron chi connectivity index (χ2n) is 5.01. The maximum Gasteiger partial charge on any atom is 0.187 e. The summed E-state index contributed by atoms with van der Waals surface area (Å²) in [6.07, 6.45) is 0. The van der Waals surface area contributed by atoms with E-state index < -0.39 is 0 Å². The average molecular weight is 418 g/mol. The number of thiophene rings is 1. The van der Waals surface area contributed by atoms with E-state index in [1.807, 2.05) is 11.4 Å². The molecule has 0 aliphatic heterocycles. The van der Waals surface area contributed by atoms with Crippen LogP contribution in [0.2, 0.25) is 10.0 Å². The van der Waals surface area contributed by atoms with Gasteiger partial charge in [-0.15, -0.1) is 11.3 Å². The van der Waals surface area contributed by atoms with Crippen LogP contribution in [0.3, 0.4) is 0 Å². The highest BCUT2D eigenvalue weighted by Crippen LogP contribution is 2.40. The van der Waals surface area contributed by atoms with Gasteiger partial charge in [-0.25, -0.2) is 0 Å². The number of aromatic hydroxyl groups is 1. The van der Waals surface area contributed by atoms with Gasteiger partial charge in [0.25, 0.3) is 0 Å². The van der Waals surface area contributed by atoms with Crippen molar-refractivity contribution in [1.82, 2.24) is 10.7 Å². The molecule has 0 bridgehead atoms. The number of rotatable bonds is 6. The molecular formula is C16H17Cl2N3O2S2. The predicted octanol–water partition coefficient (Wildman–Crippen LogP) is 4.26. The zero-order valence-electron chi connectivity index (χ0n) is 13.6. The van der Waals surface area contributed by atoms with Crippen LogP contribution in [0, 0.1) is 0 Å². The fourth-order valence-electron chi connectivity index (χ4n) is 1.95. The SMILES string of the molecule is COCCNC(=S)N/N=C(\C)c1csc(-c2ccc(Cl)c(Cl)c2)c1O. The van der Waals surface area contributed by atoms with Gasteiger partial charge in [0.05, 0.1) is 32.8 Å². The van der Waals surface area contributed by atoms with Gasteiger partial charge in [-0.3, -0.25) is 5.43 Å². The molecular weight excluding hydrogens is 401 g/mol. The summed E-state index contributed by atoms with van der Waals surface area (Å²) in [6.45, 7) is 2.91. The highest BCUT2D eigenvalue weighted by molar-refractivity contribution is 7.80. The number of hydrazone groups is 1. The van der Waals surface area contributed by atoms with E-state index in [0.29, 0.717) is 44.5 Å². The van der Waals surface area contributed by atoms with Crippen molar-refractivity contribution >= 4 is 57.6 Å². The highest BCUT2D eigenvalue weighted by Gasteiger charge is 2.15. The molecule has 0 saturated carbocycles. The Balaban J connectivity index is 2.12. The molecule has 3 N–H and O–H groups in total. The Bertz CT molecular complexity index is 794. The molecule has 0 unspecified atom stereocenters. The van der Waals surface area contributed by atoms with E-state index in [1.165, 1.54) is 11.3 Å². The van der Waals surface area contributed by atoms with Gasteiger partial charge in [-0.2, -0.15) is 5.10 Å². The van der Waals surface area contributed by atoms with E-state index >= 15 is 0 Å². The number of ether oxygens (including phenoxy) is 1. The number of nitrogens with one attached hydrogen (secondary N) is 2. The minimum atomic E-state index is 0.143. The molecule has 0 aliphatic carbocycles. The lowest BCUT2D eigenvalue weighted by atomic mass is 10.1. The van der Waals surface area contributed by atoms with Crippen LogP contribution < -0.4 is 10.7 Å². The smallest absolute Gasteiger partial charge is 0.187 e. The largest absolute Gasteiger partial charge is 0.506 e. The molecule has 1 aromatic heterocycles. The van der Waals surface area contributed by atoms with Crippen LogP contribution in [0.15, 0.2) is 28.7 Å². The monoisotopic (exact) mass is 417 g/mol. The number of hydrogen-bond donors (Lipinski definition) is 3. The van der Waals surface area contributed by atoms with Crippen LogP contribution in [-0.2, 0) is 4.74 Å². The number of hydrogen-bond acceptors (Lipinski definition) is 5. The molecule has 134 valence electrons. The summed E-state index contributed by atoms with van der Waals surface area (Å²) >= 11 is 18.5. The van der Waals surface area contributed by atoms with Crippen LogP contribution in [0.1, 0.15) is 12.5 Å². The number of halogens is 2. The van der Waals surface area contributed by atoms with Gasteiger partial charge in [0, 0.05) is 19.0 Å². The van der Waals surface area contributed by atoms with E-state index in [1.54, 1.807) is 26.2 Å². The number of nitrogens with zero attached hydrogens (tertiary/aromatic N) is 1. The number of methoxy groups -OCH3 is 1. The van der Waals surface area contributed by atoms with Crippen molar-refractivity contribution < 1.29 is 9.84 Å². The molecule has 2 rings (SSSR count). The summed E-state index contributed by atoms with van der Waals surface area (Å²) in [5.74, 6) is 0.143. The van der Waals surface area contributed by atoms with Gasteiger partial charge in [0.2, 0.25) is 0 Å². The number of benzene rings is 1. The minimum absolute atomic E-state index is 0.143. The summed E-state index contributed by atoms with van der Waals surface area (Å²) in [5.41, 5.74) is 4.76. The lowest BCUT2D eigenvalue weighted by Gasteiger charge is -2.07. The highest BCUT2D eigenvalue weighted by atomic mass is 35.5. The first-order valence-corrected chi connectivity index (χ1v) is 9.31. The van der Waals surface area contributed by atoms with Gasteiger partial charge < -0.3 is 15.2 Å². The van der Waals surface area contributed by atoms with Crippen molar-refractivity contribution in [3.8, 4) is 16.2 Å². The van der Waals surface area contributed by atoms with Gasteiger partial charge in [-0.1, -0.05) is 29.3 Å². The Morgan fingerprint density at radius 1 is 1.36 bits per heavy atom. The van der Waals surface area contributed by atoms with Gasteiger partial charge >= 0.3 is 0 Å². The van der Waals surface area contributed by atoms with Crippen LogP contribution in [0.4, 0.5) is 0 Å². The summed E-state index contributed by atoms with van der Waals surface area (Å²) in [5, 5.41) is 20.8. The Kier molecular flexibility index (Phi) is 7.46. The van der Waals surface area contributed by atoms with E-state index in [4.69, 9.17) is 40.2 Å². The van der Waals surface area contributed by atoms with Crippen molar-refractivity contribution in [2.45, 2.75) is 6.92 Å². The maximum atomic E-state index is 10.5. The van der Waals surface area contributed by atoms with Crippen molar-refractivity contribution in [2.24, 2.45) is 5.10 Å². The Morgan fingerprint density at radius 2 is 2.12 bits per heavy atom. The van der Waals surface area contributed by atoms with Gasteiger partial charge in [-0.05, 0) is 36.8 Å². The molecule has 0 saturated heterocycles. The predicted molar refractivity (Wildman–Crippen MR) is 109 cm³/mol. The van der Waals surface area contributed by atoms with E-state index in [2.05, 4.69) is 15.8 Å². The topological polar surface area (TPSA) is 65.9 Å². The first-order chi connectivity index (χ1) is 11.9. The Morgan fingerprint density at radius 3 is 2.80 bits per heavy atom. The molecule has 25 heavy (non-hydrogen) atoms. The summed E-state index contributed by atoms with van der Waals surface area (Å²) in [6, 6.07) is 5.23. The zero-order valence-corrected chi connectivity index (χ0v) is 16.7. The minimum Gasteiger partial charge on any atom is -0.506 e. The third-order valence-electron chi connectivity index (χ3n) is 3.25. The summed E-state index contributed by atoms with van der Waals surface area (Å²) in [7, 11) is 1.62. The van der Waals surface area contributed by atoms with Crippen LogP contribution >= 0.6 is 46.8 Å². The quantitative estimate of drug-likeness (QED) is 0.283.